The fourth-order valence-electron chi connectivity index (χ4n) is 3.86. The number of aliphatic carboxylic acids is 1. The minimum absolute atomic E-state index is 0.0128. The van der Waals surface area contributed by atoms with Crippen LogP contribution < -0.4 is 0 Å². The number of ether oxygens (including phenoxy) is 1. The number of carbonyl (C=O) groups is 1. The second-order valence-electron chi connectivity index (χ2n) is 8.19. The highest BCUT2D eigenvalue weighted by Crippen LogP contribution is 2.27. The first-order valence-electron chi connectivity index (χ1n) is 10.7. The maximum atomic E-state index is 13.4. The monoisotopic (exact) mass is 454 g/mol. The molecule has 1 aliphatic rings. The molecule has 3 aromatic rings. The van der Waals surface area contributed by atoms with Crippen LogP contribution in [0.2, 0.25) is 0 Å². The van der Waals surface area contributed by atoms with E-state index in [2.05, 4.69) is 19.9 Å². The molecule has 0 saturated heterocycles. The van der Waals surface area contributed by atoms with Crippen LogP contribution in [0.3, 0.4) is 0 Å². The quantitative estimate of drug-likeness (QED) is 0.400. The summed E-state index contributed by atoms with van der Waals surface area (Å²) in [5.41, 5.74) is 2.97. The van der Waals surface area contributed by atoms with Crippen LogP contribution in [0.1, 0.15) is 45.2 Å². The number of pyridine rings is 1. The number of aromatic nitrogens is 3. The van der Waals surface area contributed by atoms with Crippen molar-refractivity contribution in [3.63, 3.8) is 0 Å². The molecule has 0 spiro atoms. The van der Waals surface area contributed by atoms with E-state index in [0.29, 0.717) is 59.7 Å². The summed E-state index contributed by atoms with van der Waals surface area (Å²) in [6.07, 6.45) is 5.94. The Morgan fingerprint density at radius 3 is 2.58 bits per heavy atom. The number of carboxylic acids is 1. The van der Waals surface area contributed by atoms with E-state index in [4.69, 9.17) is 9.84 Å². The summed E-state index contributed by atoms with van der Waals surface area (Å²) in [6, 6.07) is 5.77. The van der Waals surface area contributed by atoms with Crippen LogP contribution in [0, 0.1) is 17.6 Å². The van der Waals surface area contributed by atoms with Gasteiger partial charge in [0, 0.05) is 37.0 Å². The van der Waals surface area contributed by atoms with Crippen molar-refractivity contribution in [2.45, 2.75) is 45.6 Å². The molecule has 172 valence electrons. The van der Waals surface area contributed by atoms with Gasteiger partial charge in [-0.3, -0.25) is 9.78 Å². The van der Waals surface area contributed by atoms with Crippen LogP contribution in [0.4, 0.5) is 8.78 Å². The topological polar surface area (TPSA) is 100 Å². The van der Waals surface area contributed by atoms with Crippen LogP contribution in [0.5, 0.6) is 0 Å². The number of imidazole rings is 1. The highest BCUT2D eigenvalue weighted by atomic mass is 19.2. The Morgan fingerprint density at radius 1 is 1.18 bits per heavy atom. The zero-order chi connectivity index (χ0) is 23.5. The molecule has 2 N–H and O–H groups in total. The second-order valence-corrected chi connectivity index (χ2v) is 8.19. The number of halogens is 2. The zero-order valence-electron chi connectivity index (χ0n) is 18.3. The van der Waals surface area contributed by atoms with Crippen LogP contribution in [0.25, 0.3) is 28.0 Å². The van der Waals surface area contributed by atoms with Crippen molar-refractivity contribution < 1.29 is 23.4 Å². The number of fused-ring (bicyclic) bond motifs is 1. The number of carboxylic acid groups (broad SMARTS) is 1. The molecule has 0 aliphatic heterocycles. The molecule has 2 heterocycles. The zero-order valence-corrected chi connectivity index (χ0v) is 18.3. The van der Waals surface area contributed by atoms with Gasteiger partial charge in [-0.15, -0.1) is 0 Å². The average molecular weight is 454 g/mol. The maximum absolute atomic E-state index is 13.4. The lowest BCUT2D eigenvalue weighted by Crippen LogP contribution is -2.27. The van der Waals surface area contributed by atoms with E-state index >= 15 is 0 Å². The van der Waals surface area contributed by atoms with Gasteiger partial charge < -0.3 is 14.8 Å². The molecule has 7 nitrogen and oxygen atoms in total. The van der Waals surface area contributed by atoms with Gasteiger partial charge in [0.15, 0.2) is 17.5 Å². The van der Waals surface area contributed by atoms with Gasteiger partial charge in [-0.1, -0.05) is 0 Å². The molecule has 0 amide bonds. The van der Waals surface area contributed by atoms with Crippen molar-refractivity contribution in [1.82, 2.24) is 15.0 Å². The van der Waals surface area contributed by atoms with Crippen molar-refractivity contribution >= 4 is 28.5 Å². The van der Waals surface area contributed by atoms with Crippen LogP contribution >= 0.6 is 0 Å². The summed E-state index contributed by atoms with van der Waals surface area (Å²) in [5.74, 6) is -1.90. The third kappa shape index (κ3) is 5.24. The Hall–Kier alpha value is -3.62. The molecule has 0 radical (unpaired) electrons. The summed E-state index contributed by atoms with van der Waals surface area (Å²) in [4.78, 5) is 27.1. The maximum Gasteiger partial charge on any atom is 0.306 e. The van der Waals surface area contributed by atoms with E-state index in [-0.39, 0.29) is 12.0 Å². The SMILES string of the molecule is CC(=N/C=C(\C)c1ccc(-c2nc3cc(F)c(F)cc3[nH]2)cn1)OC1CCC(C(=O)O)CC1. The highest BCUT2D eigenvalue weighted by molar-refractivity contribution is 5.80. The molecule has 1 aliphatic carbocycles. The number of nitrogens with one attached hydrogen (secondary N) is 1. The first-order valence-corrected chi connectivity index (χ1v) is 10.7. The number of aromatic amines is 1. The predicted octanol–water partition coefficient (Wildman–Crippen LogP) is 5.34. The average Bonchev–Trinajstić information content (AvgIpc) is 3.21. The summed E-state index contributed by atoms with van der Waals surface area (Å²) < 4.78 is 32.7. The number of rotatable bonds is 5. The molecule has 2 aromatic heterocycles. The van der Waals surface area contributed by atoms with Gasteiger partial charge in [-0.05, 0) is 50.3 Å². The summed E-state index contributed by atoms with van der Waals surface area (Å²) in [6.45, 7) is 3.65. The number of hydrogen-bond donors (Lipinski definition) is 2. The number of hydrogen-bond acceptors (Lipinski definition) is 5. The molecule has 1 aromatic carbocycles. The molecule has 0 atom stereocenters. The number of H-pyrrole nitrogens is 1. The van der Waals surface area contributed by atoms with Crippen LogP contribution in [-0.4, -0.2) is 38.0 Å². The molecule has 0 unspecified atom stereocenters. The molecule has 0 bridgehead atoms. The third-order valence-electron chi connectivity index (χ3n) is 5.77. The second kappa shape index (κ2) is 9.48. The van der Waals surface area contributed by atoms with Gasteiger partial charge in [0.25, 0.3) is 0 Å². The van der Waals surface area contributed by atoms with Gasteiger partial charge in [-0.25, -0.2) is 18.8 Å². The number of aliphatic imine (C=N–C) groups is 1. The Labute approximate surface area is 189 Å². The fourth-order valence-corrected chi connectivity index (χ4v) is 3.86. The Morgan fingerprint density at radius 2 is 1.91 bits per heavy atom. The van der Waals surface area contributed by atoms with Crippen molar-refractivity contribution in [3.05, 3.63) is 54.0 Å². The smallest absolute Gasteiger partial charge is 0.306 e. The van der Waals surface area contributed by atoms with Crippen LogP contribution in [-0.2, 0) is 9.53 Å². The predicted molar refractivity (Wildman–Crippen MR) is 120 cm³/mol. The number of allylic oxidation sites excluding steroid dienone is 1. The van der Waals surface area contributed by atoms with Gasteiger partial charge in [0.05, 0.1) is 22.6 Å². The van der Waals surface area contributed by atoms with E-state index in [9.17, 15) is 13.6 Å². The third-order valence-corrected chi connectivity index (χ3v) is 5.77. The Kier molecular flexibility index (Phi) is 6.48. The molecule has 4 rings (SSSR count). The molecule has 9 heteroatoms. The number of benzene rings is 1. The van der Waals surface area contributed by atoms with Gasteiger partial charge in [0.2, 0.25) is 0 Å². The Bertz CT molecular complexity index is 1190. The first kappa shape index (κ1) is 22.6. The van der Waals surface area contributed by atoms with Gasteiger partial charge in [-0.2, -0.15) is 0 Å². The van der Waals surface area contributed by atoms with Gasteiger partial charge >= 0.3 is 5.97 Å². The van der Waals surface area contributed by atoms with Crippen molar-refractivity contribution in [3.8, 4) is 11.4 Å². The molecule has 1 fully saturated rings. The lowest BCUT2D eigenvalue weighted by Gasteiger charge is -2.26. The van der Waals surface area contributed by atoms with E-state index in [1.807, 2.05) is 19.1 Å². The lowest BCUT2D eigenvalue weighted by molar-refractivity contribution is -0.143. The van der Waals surface area contributed by atoms with E-state index in [1.54, 1.807) is 19.3 Å². The van der Waals surface area contributed by atoms with Crippen molar-refractivity contribution in [2.75, 3.05) is 0 Å². The standard InChI is InChI=1S/C24H24F2N4O3/c1-13(11-27-14(2)33-17-6-3-15(4-7-17)24(31)32)20-8-5-16(12-28-20)23-29-21-9-18(25)19(26)10-22(21)30-23/h5,8-12,15,17H,3-4,6-7H2,1-2H3,(H,29,30)(H,31,32)/b13-11+,27-14?. The summed E-state index contributed by atoms with van der Waals surface area (Å²) >= 11 is 0. The van der Waals surface area contributed by atoms with Crippen LogP contribution in [0.15, 0.2) is 41.7 Å². The first-order chi connectivity index (χ1) is 15.8. The fraction of sp³-hybridized carbons (Fsp3) is 0.333. The largest absolute Gasteiger partial charge is 0.481 e. The molecule has 1 saturated carbocycles. The summed E-state index contributed by atoms with van der Waals surface area (Å²) in [7, 11) is 0. The van der Waals surface area contributed by atoms with E-state index in [0.717, 1.165) is 17.7 Å². The Balaban J connectivity index is 1.40. The van der Waals surface area contributed by atoms with E-state index < -0.39 is 17.6 Å². The highest BCUT2D eigenvalue weighted by Gasteiger charge is 2.27. The number of nitrogens with zero attached hydrogens (tertiary/aromatic N) is 3. The lowest BCUT2D eigenvalue weighted by atomic mass is 9.87. The molecular formula is C24H24F2N4O3. The van der Waals surface area contributed by atoms with Crippen molar-refractivity contribution in [2.24, 2.45) is 10.9 Å². The normalized spacial score (nSPS) is 19.6. The van der Waals surface area contributed by atoms with Crippen molar-refractivity contribution in [1.29, 1.82) is 0 Å². The minimum Gasteiger partial charge on any atom is -0.481 e. The van der Waals surface area contributed by atoms with Gasteiger partial charge in [0.1, 0.15) is 11.9 Å². The molecule has 33 heavy (non-hydrogen) atoms. The molecular weight excluding hydrogens is 430 g/mol. The summed E-state index contributed by atoms with van der Waals surface area (Å²) in [5, 5.41) is 9.08. The minimum atomic E-state index is -0.942. The van der Waals surface area contributed by atoms with E-state index in [1.165, 1.54) is 0 Å².